The Morgan fingerprint density at radius 3 is 2.74 bits per heavy atom. The summed E-state index contributed by atoms with van der Waals surface area (Å²) in [7, 11) is 0. The van der Waals surface area contributed by atoms with E-state index in [0.717, 1.165) is 18.4 Å². The second-order valence-corrected chi connectivity index (χ2v) is 7.05. The lowest BCUT2D eigenvalue weighted by atomic mass is 9.72. The Labute approximate surface area is 140 Å². The molecule has 23 heavy (non-hydrogen) atoms. The van der Waals surface area contributed by atoms with Crippen LogP contribution in [0.2, 0.25) is 0 Å². The van der Waals surface area contributed by atoms with Crippen molar-refractivity contribution in [2.45, 2.75) is 38.3 Å². The average Bonchev–Trinajstić information content (AvgIpc) is 3.12. The van der Waals surface area contributed by atoms with E-state index in [4.69, 9.17) is 11.6 Å². The van der Waals surface area contributed by atoms with Crippen LogP contribution in [-0.4, -0.2) is 31.4 Å². The van der Waals surface area contributed by atoms with Gasteiger partial charge in [-0.25, -0.2) is 9.37 Å². The van der Waals surface area contributed by atoms with E-state index >= 15 is 0 Å². The average molecular weight is 338 g/mol. The molecule has 2 aromatic rings. The fourth-order valence-corrected chi connectivity index (χ4v) is 4.05. The van der Waals surface area contributed by atoms with Crippen LogP contribution in [-0.2, 0) is 13.0 Å². The van der Waals surface area contributed by atoms with Crippen LogP contribution in [0, 0.1) is 17.2 Å². The zero-order valence-electron chi connectivity index (χ0n) is 13.1. The summed E-state index contributed by atoms with van der Waals surface area (Å²) in [4.78, 5) is 3.95. The molecule has 1 heterocycles. The zero-order chi connectivity index (χ0) is 16.5. The molecule has 1 fully saturated rings. The number of hydrogen-bond donors (Lipinski definition) is 1. The largest absolute Gasteiger partial charge is 0.387 e. The number of benzene rings is 1. The van der Waals surface area contributed by atoms with E-state index in [-0.39, 0.29) is 17.2 Å². The molecule has 3 rings (SSSR count). The van der Waals surface area contributed by atoms with Crippen molar-refractivity contribution in [3.63, 3.8) is 0 Å². The number of aliphatic hydroxyl groups is 1. The van der Waals surface area contributed by atoms with Crippen molar-refractivity contribution in [3.8, 4) is 0 Å². The summed E-state index contributed by atoms with van der Waals surface area (Å²) in [6.45, 7) is 2.39. The van der Waals surface area contributed by atoms with E-state index in [2.05, 4.69) is 10.1 Å². The summed E-state index contributed by atoms with van der Waals surface area (Å²) >= 11 is 6.21. The molecule has 0 aliphatic heterocycles. The summed E-state index contributed by atoms with van der Waals surface area (Å²) in [5.41, 5.74) is -0.338. The Hall–Kier alpha value is -1.46. The van der Waals surface area contributed by atoms with Gasteiger partial charge in [0, 0.05) is 11.3 Å². The van der Waals surface area contributed by atoms with Gasteiger partial charge in [-0.05, 0) is 42.9 Å². The third-order valence-corrected chi connectivity index (χ3v) is 5.91. The van der Waals surface area contributed by atoms with Crippen LogP contribution in [0.5, 0.6) is 0 Å². The zero-order valence-corrected chi connectivity index (χ0v) is 13.9. The number of rotatable bonds is 5. The maximum atomic E-state index is 13.1. The number of halogens is 2. The molecule has 1 saturated carbocycles. The molecule has 0 amide bonds. The van der Waals surface area contributed by atoms with Gasteiger partial charge in [0.15, 0.2) is 0 Å². The highest BCUT2D eigenvalue weighted by molar-refractivity contribution is 6.18. The van der Waals surface area contributed by atoms with Crippen molar-refractivity contribution < 1.29 is 9.50 Å². The molecular formula is C17H21ClFN3O. The molecular weight excluding hydrogens is 317 g/mol. The summed E-state index contributed by atoms with van der Waals surface area (Å²) < 4.78 is 14.8. The van der Waals surface area contributed by atoms with Gasteiger partial charge in [-0.3, -0.25) is 4.68 Å². The molecule has 1 aliphatic carbocycles. The smallest absolute Gasteiger partial charge is 0.137 e. The Bertz CT molecular complexity index is 648. The first kappa shape index (κ1) is 16.4. The molecule has 1 unspecified atom stereocenters. The van der Waals surface area contributed by atoms with Gasteiger partial charge in [0.05, 0.1) is 12.1 Å². The predicted octanol–water partition coefficient (Wildman–Crippen LogP) is 3.05. The first-order valence-corrected chi connectivity index (χ1v) is 8.35. The molecule has 1 aliphatic rings. The molecule has 0 bridgehead atoms. The minimum atomic E-state index is -0.975. The summed E-state index contributed by atoms with van der Waals surface area (Å²) in [5, 5.41) is 15.6. The van der Waals surface area contributed by atoms with Crippen LogP contribution >= 0.6 is 11.6 Å². The van der Waals surface area contributed by atoms with Gasteiger partial charge < -0.3 is 5.11 Å². The second-order valence-electron chi connectivity index (χ2n) is 6.78. The first-order valence-electron chi connectivity index (χ1n) is 7.82. The molecule has 1 aromatic carbocycles. The SMILES string of the molecule is C[C@]1(CCl)CC[C@H](Cc2ccc(F)cc2)C1(O)Cn1cncn1. The number of aromatic nitrogens is 3. The van der Waals surface area contributed by atoms with E-state index in [0.29, 0.717) is 18.8 Å². The summed E-state index contributed by atoms with van der Waals surface area (Å²) in [6, 6.07) is 6.48. The first-order chi connectivity index (χ1) is 11.0. The van der Waals surface area contributed by atoms with Gasteiger partial charge in [0.1, 0.15) is 18.5 Å². The van der Waals surface area contributed by atoms with Gasteiger partial charge in [0.2, 0.25) is 0 Å². The third kappa shape index (κ3) is 3.00. The fourth-order valence-electron chi connectivity index (χ4n) is 3.68. The van der Waals surface area contributed by atoms with Crippen molar-refractivity contribution in [1.82, 2.24) is 14.8 Å². The number of hydrogen-bond acceptors (Lipinski definition) is 3. The van der Waals surface area contributed by atoms with Crippen molar-refractivity contribution in [2.24, 2.45) is 11.3 Å². The molecule has 0 radical (unpaired) electrons. The molecule has 0 spiro atoms. The Morgan fingerprint density at radius 2 is 2.13 bits per heavy atom. The Balaban J connectivity index is 1.87. The topological polar surface area (TPSA) is 50.9 Å². The van der Waals surface area contributed by atoms with E-state index in [1.165, 1.54) is 18.5 Å². The van der Waals surface area contributed by atoms with E-state index in [1.807, 2.05) is 6.92 Å². The maximum Gasteiger partial charge on any atom is 0.137 e. The summed E-state index contributed by atoms with van der Waals surface area (Å²) in [5.74, 6) is 0.183. The van der Waals surface area contributed by atoms with Crippen LogP contribution in [0.4, 0.5) is 4.39 Å². The lowest BCUT2D eigenvalue weighted by molar-refractivity contribution is -0.0891. The van der Waals surface area contributed by atoms with Crippen LogP contribution in [0.15, 0.2) is 36.9 Å². The predicted molar refractivity (Wildman–Crippen MR) is 86.6 cm³/mol. The highest BCUT2D eigenvalue weighted by Crippen LogP contribution is 2.52. The molecule has 124 valence electrons. The van der Waals surface area contributed by atoms with Gasteiger partial charge in [0.25, 0.3) is 0 Å². The molecule has 4 nitrogen and oxygen atoms in total. The standard InChI is InChI=1S/C17H21ClFN3O/c1-16(9-18)7-6-14(8-13-2-4-15(19)5-3-13)17(16,23)10-22-12-20-11-21-22/h2-5,11-12,14,23H,6-10H2,1H3/t14-,16-,17?/m1/s1. The fraction of sp³-hybridized carbons (Fsp3) is 0.529. The maximum absolute atomic E-state index is 13.1. The minimum Gasteiger partial charge on any atom is -0.387 e. The molecule has 1 aromatic heterocycles. The quantitative estimate of drug-likeness (QED) is 0.853. The number of nitrogens with zero attached hydrogens (tertiary/aromatic N) is 3. The van der Waals surface area contributed by atoms with Crippen molar-refractivity contribution in [2.75, 3.05) is 5.88 Å². The lowest BCUT2D eigenvalue weighted by Crippen LogP contribution is -2.51. The van der Waals surface area contributed by atoms with Crippen LogP contribution < -0.4 is 0 Å². The van der Waals surface area contributed by atoms with Gasteiger partial charge in [-0.15, -0.1) is 11.6 Å². The molecule has 1 N–H and O–H groups in total. The van der Waals surface area contributed by atoms with Crippen LogP contribution in [0.3, 0.4) is 0 Å². The van der Waals surface area contributed by atoms with Crippen molar-refractivity contribution in [1.29, 1.82) is 0 Å². The third-order valence-electron chi connectivity index (χ3n) is 5.33. The van der Waals surface area contributed by atoms with Gasteiger partial charge in [-0.1, -0.05) is 19.1 Å². The van der Waals surface area contributed by atoms with E-state index < -0.39 is 5.60 Å². The van der Waals surface area contributed by atoms with Gasteiger partial charge in [-0.2, -0.15) is 5.10 Å². The molecule has 6 heteroatoms. The molecule has 0 saturated heterocycles. The van der Waals surface area contributed by atoms with Gasteiger partial charge >= 0.3 is 0 Å². The lowest BCUT2D eigenvalue weighted by Gasteiger charge is -2.42. The Kier molecular flexibility index (Phi) is 4.43. The van der Waals surface area contributed by atoms with Crippen molar-refractivity contribution in [3.05, 3.63) is 48.3 Å². The Morgan fingerprint density at radius 1 is 1.39 bits per heavy atom. The van der Waals surface area contributed by atoms with Crippen molar-refractivity contribution >= 4 is 11.6 Å². The van der Waals surface area contributed by atoms with E-state index in [1.54, 1.807) is 23.1 Å². The molecule has 3 atom stereocenters. The monoisotopic (exact) mass is 337 g/mol. The highest BCUT2D eigenvalue weighted by atomic mass is 35.5. The van der Waals surface area contributed by atoms with E-state index in [9.17, 15) is 9.50 Å². The second kappa shape index (κ2) is 6.21. The highest BCUT2D eigenvalue weighted by Gasteiger charge is 2.56. The summed E-state index contributed by atoms with van der Waals surface area (Å²) in [6.07, 6.45) is 5.50. The minimum absolute atomic E-state index is 0.0425. The van der Waals surface area contributed by atoms with Crippen LogP contribution in [0.1, 0.15) is 25.3 Å². The normalized spacial score (nSPS) is 30.7. The van der Waals surface area contributed by atoms with Crippen LogP contribution in [0.25, 0.3) is 0 Å². The number of alkyl halides is 1.